The summed E-state index contributed by atoms with van der Waals surface area (Å²) < 4.78 is 0. The van der Waals surface area contributed by atoms with Gasteiger partial charge in [0.2, 0.25) is 0 Å². The van der Waals surface area contributed by atoms with Crippen LogP contribution in [-0.4, -0.2) is 48.4 Å². The van der Waals surface area contributed by atoms with Crippen LogP contribution in [0, 0.1) is 9.81 Å². The molecule has 1 rings (SSSR count). The average Bonchev–Trinajstić information content (AvgIpc) is 2.10. The molecule has 13 heavy (non-hydrogen) atoms. The molecule has 0 N–H and O–H groups in total. The molecule has 1 saturated heterocycles. The van der Waals surface area contributed by atoms with Gasteiger partial charge in [-0.15, -0.1) is 9.81 Å². The highest BCUT2D eigenvalue weighted by Gasteiger charge is 2.14. The van der Waals surface area contributed by atoms with Crippen molar-refractivity contribution >= 4 is 0 Å². The van der Waals surface area contributed by atoms with Crippen molar-refractivity contribution in [3.05, 3.63) is 9.81 Å². The molecular weight excluding hydrogens is 174 g/mol. The fourth-order valence-corrected chi connectivity index (χ4v) is 1.31. The van der Waals surface area contributed by atoms with Crippen LogP contribution in [0.15, 0.2) is 10.6 Å². The zero-order valence-corrected chi connectivity index (χ0v) is 7.59. The summed E-state index contributed by atoms with van der Waals surface area (Å²) in [4.78, 5) is 22.4. The maximum absolute atomic E-state index is 10.3. The van der Waals surface area contributed by atoms with Crippen molar-refractivity contribution in [1.82, 2.24) is 14.9 Å². The largest absolute Gasteiger partial charge is 0.269 e. The zero-order chi connectivity index (χ0) is 9.68. The Morgan fingerprint density at radius 3 is 1.85 bits per heavy atom. The minimum absolute atomic E-state index is 0.440. The number of rotatable bonds is 2. The minimum Gasteiger partial charge on any atom is -0.269 e. The molecule has 7 heteroatoms. The lowest BCUT2D eigenvalue weighted by Crippen LogP contribution is -2.42. The van der Waals surface area contributed by atoms with Crippen molar-refractivity contribution in [1.29, 1.82) is 0 Å². The van der Waals surface area contributed by atoms with E-state index in [1.807, 2.05) is 11.9 Å². The number of nitrogens with zero attached hydrogens (tertiary/aromatic N) is 5. The van der Waals surface area contributed by atoms with Gasteiger partial charge in [-0.2, -0.15) is 0 Å². The molecule has 1 fully saturated rings. The molecule has 1 heterocycles. The topological polar surface area (TPSA) is 68.6 Å². The van der Waals surface area contributed by atoms with Gasteiger partial charge in [0.25, 0.3) is 0 Å². The lowest BCUT2D eigenvalue weighted by atomic mass is 10.4. The fourth-order valence-electron chi connectivity index (χ4n) is 1.31. The molecular formula is C6H13N5O2. The Morgan fingerprint density at radius 2 is 1.46 bits per heavy atom. The van der Waals surface area contributed by atoms with Crippen LogP contribution in [0.3, 0.4) is 0 Å². The molecule has 0 amide bonds. The highest BCUT2D eigenvalue weighted by molar-refractivity contribution is 4.60. The van der Waals surface area contributed by atoms with Crippen molar-refractivity contribution in [2.75, 3.05) is 33.5 Å². The zero-order valence-electron chi connectivity index (χ0n) is 7.59. The van der Waals surface area contributed by atoms with E-state index in [1.54, 1.807) is 0 Å². The van der Waals surface area contributed by atoms with E-state index in [0.29, 0.717) is 26.4 Å². The minimum atomic E-state index is 0.440. The van der Waals surface area contributed by atoms with E-state index < -0.39 is 0 Å². The first-order valence-electron chi connectivity index (χ1n) is 4.11. The molecule has 0 radical (unpaired) electrons. The molecule has 0 aromatic rings. The summed E-state index contributed by atoms with van der Waals surface area (Å²) in [7, 11) is 1.81. The molecule has 74 valence electrons. The van der Waals surface area contributed by atoms with Gasteiger partial charge in [0, 0.05) is 13.1 Å². The van der Waals surface area contributed by atoms with Gasteiger partial charge < -0.3 is 0 Å². The third-order valence-corrected chi connectivity index (χ3v) is 1.87. The highest BCUT2D eigenvalue weighted by Crippen LogP contribution is 2.03. The van der Waals surface area contributed by atoms with Gasteiger partial charge >= 0.3 is 0 Å². The quantitative estimate of drug-likeness (QED) is 0.578. The van der Waals surface area contributed by atoms with Crippen LogP contribution in [-0.2, 0) is 0 Å². The van der Waals surface area contributed by atoms with E-state index in [1.165, 1.54) is 10.0 Å². The van der Waals surface area contributed by atoms with Gasteiger partial charge in [0.1, 0.15) is 0 Å². The molecule has 1 aliphatic rings. The second-order valence-electron chi connectivity index (χ2n) is 3.12. The van der Waals surface area contributed by atoms with E-state index in [0.717, 1.165) is 6.42 Å². The standard InChI is InChI=1S/C6H13N5O2/c1-9-5-10(7-12)3-2-4-11(6-9)8-13/h2-6H2,1H3. The van der Waals surface area contributed by atoms with Crippen molar-refractivity contribution in [3.63, 3.8) is 0 Å². The van der Waals surface area contributed by atoms with Crippen LogP contribution in [0.5, 0.6) is 0 Å². The number of hydrogen-bond acceptors (Lipinski definition) is 5. The normalized spacial score (nSPS) is 20.7. The van der Waals surface area contributed by atoms with Crippen molar-refractivity contribution in [3.8, 4) is 0 Å². The van der Waals surface area contributed by atoms with E-state index in [-0.39, 0.29) is 0 Å². The van der Waals surface area contributed by atoms with Gasteiger partial charge in [-0.25, -0.2) is 10.0 Å². The van der Waals surface area contributed by atoms with Gasteiger partial charge in [-0.3, -0.25) is 4.90 Å². The van der Waals surface area contributed by atoms with Crippen LogP contribution >= 0.6 is 0 Å². The molecule has 0 unspecified atom stereocenters. The predicted octanol–water partition coefficient (Wildman–Crippen LogP) is 0.204. The van der Waals surface area contributed by atoms with Gasteiger partial charge in [0.05, 0.1) is 23.9 Å². The Labute approximate surface area is 76.2 Å². The molecule has 0 spiro atoms. The van der Waals surface area contributed by atoms with Crippen LogP contribution in [0.2, 0.25) is 0 Å². The number of hydrogen-bond donors (Lipinski definition) is 0. The Hall–Kier alpha value is -1.24. The van der Waals surface area contributed by atoms with E-state index in [9.17, 15) is 9.81 Å². The molecule has 0 aromatic carbocycles. The summed E-state index contributed by atoms with van der Waals surface area (Å²) >= 11 is 0. The molecule has 0 aliphatic carbocycles. The molecule has 0 atom stereocenters. The Kier molecular flexibility index (Phi) is 3.56. The van der Waals surface area contributed by atoms with E-state index in [2.05, 4.69) is 10.6 Å². The van der Waals surface area contributed by atoms with Crippen LogP contribution < -0.4 is 0 Å². The predicted molar refractivity (Wildman–Crippen MR) is 47.1 cm³/mol. The van der Waals surface area contributed by atoms with Crippen molar-refractivity contribution in [2.24, 2.45) is 10.6 Å². The number of nitroso groups, excluding NO2 is 2. The second kappa shape index (κ2) is 4.70. The molecule has 7 nitrogen and oxygen atoms in total. The Balaban J connectivity index is 2.47. The first-order valence-corrected chi connectivity index (χ1v) is 4.11. The maximum Gasteiger partial charge on any atom is 0.0923 e. The Morgan fingerprint density at radius 1 is 1.00 bits per heavy atom. The summed E-state index contributed by atoms with van der Waals surface area (Å²) in [6.45, 7) is 2.02. The maximum atomic E-state index is 10.3. The highest BCUT2D eigenvalue weighted by atomic mass is 16.3. The fraction of sp³-hybridized carbons (Fsp3) is 1.00. The SMILES string of the molecule is CN1CN(N=O)CCCN(N=O)C1. The summed E-state index contributed by atoms with van der Waals surface area (Å²) in [6, 6.07) is 0. The van der Waals surface area contributed by atoms with Crippen LogP contribution in [0.25, 0.3) is 0 Å². The third kappa shape index (κ3) is 2.94. The summed E-state index contributed by atoms with van der Waals surface area (Å²) in [6.07, 6.45) is 0.728. The Bertz CT molecular complexity index is 170. The average molecular weight is 187 g/mol. The second-order valence-corrected chi connectivity index (χ2v) is 3.12. The van der Waals surface area contributed by atoms with E-state index >= 15 is 0 Å². The molecule has 0 bridgehead atoms. The summed E-state index contributed by atoms with van der Waals surface area (Å²) in [5.74, 6) is 0. The van der Waals surface area contributed by atoms with Crippen molar-refractivity contribution < 1.29 is 0 Å². The van der Waals surface area contributed by atoms with E-state index in [4.69, 9.17) is 0 Å². The van der Waals surface area contributed by atoms with Crippen LogP contribution in [0.1, 0.15) is 6.42 Å². The van der Waals surface area contributed by atoms with Crippen LogP contribution in [0.4, 0.5) is 0 Å². The smallest absolute Gasteiger partial charge is 0.0923 e. The summed E-state index contributed by atoms with van der Waals surface area (Å²) in [5.41, 5.74) is 0. The van der Waals surface area contributed by atoms with Gasteiger partial charge in [-0.05, 0) is 13.5 Å². The third-order valence-electron chi connectivity index (χ3n) is 1.87. The molecule has 0 aromatic heterocycles. The first kappa shape index (κ1) is 9.85. The monoisotopic (exact) mass is 187 g/mol. The molecule has 0 saturated carbocycles. The molecule has 1 aliphatic heterocycles. The lowest BCUT2D eigenvalue weighted by molar-refractivity contribution is 0.0640. The summed E-state index contributed by atoms with van der Waals surface area (Å²) in [5, 5.41) is 8.60. The first-order chi connectivity index (χ1) is 6.26. The lowest BCUT2D eigenvalue weighted by Gasteiger charge is -2.29. The van der Waals surface area contributed by atoms with Gasteiger partial charge in [0.15, 0.2) is 0 Å². The van der Waals surface area contributed by atoms with Crippen molar-refractivity contribution in [2.45, 2.75) is 6.42 Å². The van der Waals surface area contributed by atoms with Gasteiger partial charge in [-0.1, -0.05) is 0 Å².